The number of nitrogens with zero attached hydrogens (tertiary/aromatic N) is 6. The molecule has 0 bridgehead atoms. The Kier molecular flexibility index (Phi) is 1.50. The first-order chi connectivity index (χ1) is 8.34. The van der Waals surface area contributed by atoms with Gasteiger partial charge in [0, 0.05) is 6.20 Å². The van der Waals surface area contributed by atoms with Crippen LogP contribution in [0.2, 0.25) is 5.15 Å². The van der Waals surface area contributed by atoms with Gasteiger partial charge in [-0.1, -0.05) is 11.6 Å². The highest BCUT2D eigenvalue weighted by atomic mass is 35.5. The van der Waals surface area contributed by atoms with Crippen molar-refractivity contribution in [2.45, 2.75) is 0 Å². The Bertz CT molecular complexity index is 851. The van der Waals surface area contributed by atoms with Crippen molar-refractivity contribution in [1.82, 2.24) is 34.8 Å². The first-order valence-corrected chi connectivity index (χ1v) is 5.20. The molecule has 0 saturated heterocycles. The van der Waals surface area contributed by atoms with Gasteiger partial charge in [-0.25, -0.2) is 14.5 Å². The fraction of sp³-hybridized carbons (Fsp3) is 0. The highest BCUT2D eigenvalue weighted by Crippen LogP contribution is 2.26. The molecule has 4 rings (SSSR count). The number of fused-ring (bicyclic) bond motifs is 5. The SMILES string of the molecule is Clc1nc2nc[nH]n2c2c1cnc1nncc12. The number of hydrogen-bond acceptors (Lipinski definition) is 5. The van der Waals surface area contributed by atoms with Gasteiger partial charge in [-0.3, -0.25) is 5.10 Å². The van der Waals surface area contributed by atoms with E-state index in [1.54, 1.807) is 23.2 Å². The quantitative estimate of drug-likeness (QED) is 0.471. The van der Waals surface area contributed by atoms with Gasteiger partial charge in [0.25, 0.3) is 5.78 Å². The van der Waals surface area contributed by atoms with Gasteiger partial charge in [0.05, 0.1) is 22.5 Å². The van der Waals surface area contributed by atoms with E-state index in [0.717, 1.165) is 16.3 Å². The topological polar surface area (TPSA) is 84.7 Å². The van der Waals surface area contributed by atoms with Gasteiger partial charge in [-0.05, 0) is 0 Å². The van der Waals surface area contributed by atoms with Crippen molar-refractivity contribution >= 4 is 39.3 Å². The van der Waals surface area contributed by atoms with Crippen LogP contribution in [-0.2, 0) is 0 Å². The van der Waals surface area contributed by atoms with Crippen molar-refractivity contribution < 1.29 is 0 Å². The molecule has 8 heteroatoms. The minimum absolute atomic E-state index is 0.364. The zero-order valence-electron chi connectivity index (χ0n) is 8.29. The Balaban J connectivity index is 2.45. The van der Waals surface area contributed by atoms with Crippen LogP contribution in [0.15, 0.2) is 18.7 Å². The number of H-pyrrole nitrogens is 1. The van der Waals surface area contributed by atoms with Crippen LogP contribution in [0.3, 0.4) is 0 Å². The van der Waals surface area contributed by atoms with Gasteiger partial charge in [0.1, 0.15) is 11.5 Å². The molecule has 0 aliphatic rings. The number of aromatic amines is 1. The van der Waals surface area contributed by atoms with E-state index in [2.05, 4.69) is 30.2 Å². The summed E-state index contributed by atoms with van der Waals surface area (Å²) in [4.78, 5) is 12.4. The molecule has 0 amide bonds. The predicted molar refractivity (Wildman–Crippen MR) is 60.7 cm³/mol. The molecule has 4 aromatic heterocycles. The second kappa shape index (κ2) is 2.89. The summed E-state index contributed by atoms with van der Waals surface area (Å²) in [5.74, 6) is 0.496. The second-order valence-electron chi connectivity index (χ2n) is 3.53. The number of aromatic nitrogens is 7. The lowest BCUT2D eigenvalue weighted by Crippen LogP contribution is -1.96. The van der Waals surface area contributed by atoms with E-state index in [-0.39, 0.29) is 0 Å². The summed E-state index contributed by atoms with van der Waals surface area (Å²) in [7, 11) is 0. The van der Waals surface area contributed by atoms with E-state index < -0.39 is 0 Å². The van der Waals surface area contributed by atoms with Crippen LogP contribution in [0.1, 0.15) is 0 Å². The van der Waals surface area contributed by atoms with Crippen LogP contribution in [0.5, 0.6) is 0 Å². The fourth-order valence-corrected chi connectivity index (χ4v) is 2.10. The number of pyridine rings is 1. The number of hydrogen-bond donors (Lipinski definition) is 1. The van der Waals surface area contributed by atoms with Crippen molar-refractivity contribution in [3.05, 3.63) is 23.9 Å². The molecule has 0 saturated carbocycles. The number of halogens is 1. The van der Waals surface area contributed by atoms with Crippen LogP contribution < -0.4 is 0 Å². The number of nitrogens with one attached hydrogen (secondary N) is 1. The van der Waals surface area contributed by atoms with Crippen molar-refractivity contribution in [2.75, 3.05) is 0 Å². The monoisotopic (exact) mass is 245 g/mol. The smallest absolute Gasteiger partial charge is 0.252 e. The average molecular weight is 246 g/mol. The van der Waals surface area contributed by atoms with Gasteiger partial charge in [0.15, 0.2) is 5.65 Å². The lowest BCUT2D eigenvalue weighted by atomic mass is 10.2. The predicted octanol–water partition coefficient (Wildman–Crippen LogP) is 1.20. The molecule has 0 aliphatic heterocycles. The van der Waals surface area contributed by atoms with E-state index >= 15 is 0 Å². The highest BCUT2D eigenvalue weighted by molar-refractivity contribution is 6.35. The molecule has 7 nitrogen and oxygen atoms in total. The normalized spacial score (nSPS) is 11.8. The Labute approximate surface area is 98.5 Å². The summed E-state index contributed by atoms with van der Waals surface area (Å²) >= 11 is 6.10. The maximum absolute atomic E-state index is 6.10. The lowest BCUT2D eigenvalue weighted by Gasteiger charge is -2.02. The maximum atomic E-state index is 6.10. The van der Waals surface area contributed by atoms with Crippen LogP contribution >= 0.6 is 11.6 Å². The molecule has 1 N–H and O–H groups in total. The molecule has 82 valence electrons. The third-order valence-corrected chi connectivity index (χ3v) is 2.91. The summed E-state index contributed by atoms with van der Waals surface area (Å²) < 4.78 is 1.73. The molecule has 0 aliphatic carbocycles. The van der Waals surface area contributed by atoms with Gasteiger partial charge >= 0.3 is 0 Å². The molecule has 4 aromatic rings. The van der Waals surface area contributed by atoms with Crippen LogP contribution in [0, 0.1) is 0 Å². The Morgan fingerprint density at radius 1 is 1.18 bits per heavy atom. The Hall–Kier alpha value is -2.28. The van der Waals surface area contributed by atoms with Crippen molar-refractivity contribution in [1.29, 1.82) is 0 Å². The standard InChI is InChI=1S/C9H4ClN7/c10-7-4-1-11-8-5(2-13-16-8)6(4)17-9(15-7)12-3-14-17/h1-3H,(H,12,14,15). The minimum Gasteiger partial charge on any atom is -0.280 e. The van der Waals surface area contributed by atoms with Crippen LogP contribution in [-0.4, -0.2) is 34.8 Å². The summed E-state index contributed by atoms with van der Waals surface area (Å²) in [6, 6.07) is 0. The fourth-order valence-electron chi connectivity index (χ4n) is 1.89. The first-order valence-electron chi connectivity index (χ1n) is 4.82. The molecular formula is C9H4ClN7. The molecule has 17 heavy (non-hydrogen) atoms. The van der Waals surface area contributed by atoms with E-state index in [0.29, 0.717) is 16.6 Å². The van der Waals surface area contributed by atoms with Gasteiger partial charge in [-0.2, -0.15) is 10.1 Å². The minimum atomic E-state index is 0.364. The first kappa shape index (κ1) is 8.82. The van der Waals surface area contributed by atoms with Gasteiger partial charge in [-0.15, -0.1) is 5.10 Å². The van der Waals surface area contributed by atoms with E-state index in [1.165, 1.54) is 0 Å². The van der Waals surface area contributed by atoms with E-state index in [4.69, 9.17) is 11.6 Å². The molecule has 0 radical (unpaired) electrons. The van der Waals surface area contributed by atoms with Crippen molar-refractivity contribution in [3.8, 4) is 0 Å². The summed E-state index contributed by atoms with van der Waals surface area (Å²) in [6.07, 6.45) is 4.83. The van der Waals surface area contributed by atoms with Gasteiger partial charge < -0.3 is 0 Å². The van der Waals surface area contributed by atoms with Crippen molar-refractivity contribution in [2.24, 2.45) is 0 Å². The van der Waals surface area contributed by atoms with E-state index in [9.17, 15) is 0 Å². The third kappa shape index (κ3) is 1.03. The molecular weight excluding hydrogens is 242 g/mol. The Morgan fingerprint density at radius 2 is 2.12 bits per heavy atom. The maximum Gasteiger partial charge on any atom is 0.252 e. The zero-order valence-corrected chi connectivity index (χ0v) is 9.05. The highest BCUT2D eigenvalue weighted by Gasteiger charge is 2.13. The number of rotatable bonds is 0. The summed E-state index contributed by atoms with van der Waals surface area (Å²) in [5, 5.41) is 12.6. The van der Waals surface area contributed by atoms with Crippen LogP contribution in [0.4, 0.5) is 0 Å². The summed E-state index contributed by atoms with van der Waals surface area (Å²) in [6.45, 7) is 0. The lowest BCUT2D eigenvalue weighted by molar-refractivity contribution is 0.986. The second-order valence-corrected chi connectivity index (χ2v) is 3.89. The van der Waals surface area contributed by atoms with Crippen LogP contribution in [0.25, 0.3) is 27.7 Å². The zero-order chi connectivity index (χ0) is 11.4. The average Bonchev–Trinajstić information content (AvgIpc) is 2.95. The Morgan fingerprint density at radius 3 is 3.06 bits per heavy atom. The van der Waals surface area contributed by atoms with E-state index in [1.807, 2.05) is 0 Å². The molecule has 0 atom stereocenters. The largest absolute Gasteiger partial charge is 0.280 e. The molecule has 0 fully saturated rings. The molecule has 0 aromatic carbocycles. The van der Waals surface area contributed by atoms with Crippen molar-refractivity contribution in [3.63, 3.8) is 0 Å². The molecule has 0 spiro atoms. The molecule has 4 heterocycles. The van der Waals surface area contributed by atoms with Gasteiger partial charge in [0.2, 0.25) is 0 Å². The molecule has 0 unspecified atom stereocenters. The summed E-state index contributed by atoms with van der Waals surface area (Å²) in [5.41, 5.74) is 1.40. The third-order valence-electron chi connectivity index (χ3n) is 2.62.